The Bertz CT molecular complexity index is 1140. The molecule has 3 aromatic rings. The van der Waals surface area contributed by atoms with Crippen LogP contribution in [0.15, 0.2) is 48.5 Å². The number of amides is 1. The van der Waals surface area contributed by atoms with Gasteiger partial charge in [-0.3, -0.25) is 4.79 Å². The molecule has 3 aromatic carbocycles. The van der Waals surface area contributed by atoms with Gasteiger partial charge in [0.05, 0.1) is 5.56 Å². The number of carboxylic acid groups (broad SMARTS) is 1. The Labute approximate surface area is 180 Å². The summed E-state index contributed by atoms with van der Waals surface area (Å²) < 4.78 is 0. The number of carboxylic acids is 1. The van der Waals surface area contributed by atoms with Crippen molar-refractivity contribution in [2.24, 2.45) is 0 Å². The first-order valence-corrected chi connectivity index (χ1v) is 10.5. The Morgan fingerprint density at radius 2 is 1.67 bits per heavy atom. The highest BCUT2D eigenvalue weighted by Crippen LogP contribution is 2.35. The SMILES string of the molecule is Cc1c(Nc2ccc(C(=O)N3CCCCC3)c3c(Cl)cccc23)cccc1C(=O)O. The maximum Gasteiger partial charge on any atom is 0.336 e. The number of piperidine rings is 1. The molecule has 2 N–H and O–H groups in total. The average Bonchev–Trinajstić information content (AvgIpc) is 2.75. The summed E-state index contributed by atoms with van der Waals surface area (Å²) in [5.74, 6) is -0.963. The molecule has 1 aliphatic rings. The van der Waals surface area contributed by atoms with Gasteiger partial charge >= 0.3 is 5.97 Å². The van der Waals surface area contributed by atoms with Gasteiger partial charge in [-0.1, -0.05) is 29.8 Å². The molecule has 0 unspecified atom stereocenters. The predicted octanol–water partition coefficient (Wildman–Crippen LogP) is 5.87. The van der Waals surface area contributed by atoms with Crippen molar-refractivity contribution in [3.05, 3.63) is 70.2 Å². The normalized spacial score (nSPS) is 14.0. The molecule has 0 atom stereocenters. The van der Waals surface area contributed by atoms with E-state index in [0.717, 1.165) is 43.4 Å². The monoisotopic (exact) mass is 422 g/mol. The van der Waals surface area contributed by atoms with Crippen LogP contribution in [0.25, 0.3) is 10.8 Å². The highest BCUT2D eigenvalue weighted by Gasteiger charge is 2.22. The number of halogens is 1. The first-order chi connectivity index (χ1) is 14.5. The maximum absolute atomic E-state index is 13.2. The minimum absolute atomic E-state index is 0.00315. The quantitative estimate of drug-likeness (QED) is 0.551. The van der Waals surface area contributed by atoms with E-state index < -0.39 is 5.97 Å². The Hall–Kier alpha value is -3.05. The molecule has 6 heteroatoms. The second-order valence-electron chi connectivity index (χ2n) is 7.58. The van der Waals surface area contributed by atoms with Gasteiger partial charge in [-0.25, -0.2) is 4.79 Å². The standard InChI is InChI=1S/C24H23ClN2O3/c1-15-16(24(29)30)7-6-10-20(15)26-21-12-11-18(22-17(21)8-5-9-19(22)25)23(28)27-13-3-2-4-14-27/h5-12,26H,2-4,13-14H2,1H3,(H,29,30). The molecule has 0 aromatic heterocycles. The fraction of sp³-hybridized carbons (Fsp3) is 0.250. The van der Waals surface area contributed by atoms with Gasteiger partial charge in [0.25, 0.3) is 5.91 Å². The van der Waals surface area contributed by atoms with E-state index in [1.807, 2.05) is 35.2 Å². The smallest absolute Gasteiger partial charge is 0.336 e. The molecular weight excluding hydrogens is 400 g/mol. The zero-order valence-corrected chi connectivity index (χ0v) is 17.5. The number of likely N-dealkylation sites (tertiary alicyclic amines) is 1. The van der Waals surface area contributed by atoms with Gasteiger partial charge in [0.2, 0.25) is 0 Å². The summed E-state index contributed by atoms with van der Waals surface area (Å²) in [5, 5.41) is 14.8. The van der Waals surface area contributed by atoms with Crippen LogP contribution in [0.2, 0.25) is 5.02 Å². The summed E-state index contributed by atoms with van der Waals surface area (Å²) in [5.41, 5.74) is 2.96. The van der Waals surface area contributed by atoms with Crippen molar-refractivity contribution in [2.75, 3.05) is 18.4 Å². The molecule has 0 aliphatic carbocycles. The molecule has 0 bridgehead atoms. The maximum atomic E-state index is 13.2. The lowest BCUT2D eigenvalue weighted by atomic mass is 10.00. The Kier molecular flexibility index (Phi) is 5.64. The number of anilines is 2. The first kappa shape index (κ1) is 20.2. The minimum atomic E-state index is -0.966. The van der Waals surface area contributed by atoms with Gasteiger partial charge < -0.3 is 15.3 Å². The van der Waals surface area contributed by atoms with Gasteiger partial charge in [-0.05, 0) is 62.1 Å². The number of aromatic carboxylic acids is 1. The number of carbonyl (C=O) groups excluding carboxylic acids is 1. The molecule has 1 amide bonds. The van der Waals surface area contributed by atoms with Crippen molar-refractivity contribution in [3.8, 4) is 0 Å². The number of hydrogen-bond acceptors (Lipinski definition) is 3. The largest absolute Gasteiger partial charge is 0.478 e. The van der Waals surface area contributed by atoms with Crippen LogP contribution in [-0.4, -0.2) is 35.0 Å². The summed E-state index contributed by atoms with van der Waals surface area (Å²) in [7, 11) is 0. The van der Waals surface area contributed by atoms with Crippen molar-refractivity contribution in [3.63, 3.8) is 0 Å². The van der Waals surface area contributed by atoms with E-state index in [-0.39, 0.29) is 11.5 Å². The van der Waals surface area contributed by atoms with Gasteiger partial charge in [0.15, 0.2) is 0 Å². The molecule has 0 spiro atoms. The number of carbonyl (C=O) groups is 2. The number of rotatable bonds is 4. The summed E-state index contributed by atoms with van der Waals surface area (Å²) in [6.45, 7) is 3.31. The van der Waals surface area contributed by atoms with E-state index >= 15 is 0 Å². The van der Waals surface area contributed by atoms with Gasteiger partial charge in [-0.2, -0.15) is 0 Å². The Morgan fingerprint density at radius 1 is 0.933 bits per heavy atom. The van der Waals surface area contributed by atoms with E-state index in [0.29, 0.717) is 27.2 Å². The second-order valence-corrected chi connectivity index (χ2v) is 7.99. The van der Waals surface area contributed by atoms with Crippen molar-refractivity contribution >= 4 is 45.6 Å². The minimum Gasteiger partial charge on any atom is -0.478 e. The highest BCUT2D eigenvalue weighted by atomic mass is 35.5. The van der Waals surface area contributed by atoms with Crippen molar-refractivity contribution in [2.45, 2.75) is 26.2 Å². The van der Waals surface area contributed by atoms with Crippen LogP contribution < -0.4 is 5.32 Å². The van der Waals surface area contributed by atoms with E-state index in [1.54, 1.807) is 25.1 Å². The fourth-order valence-corrected chi connectivity index (χ4v) is 4.34. The number of fused-ring (bicyclic) bond motifs is 1. The number of benzene rings is 3. The van der Waals surface area contributed by atoms with Crippen LogP contribution in [0.3, 0.4) is 0 Å². The fourth-order valence-electron chi connectivity index (χ4n) is 4.06. The lowest BCUT2D eigenvalue weighted by Gasteiger charge is -2.27. The van der Waals surface area contributed by atoms with Crippen molar-refractivity contribution in [1.29, 1.82) is 0 Å². The Morgan fingerprint density at radius 3 is 2.40 bits per heavy atom. The van der Waals surface area contributed by atoms with Gasteiger partial charge in [-0.15, -0.1) is 0 Å². The molecule has 30 heavy (non-hydrogen) atoms. The predicted molar refractivity (Wildman–Crippen MR) is 120 cm³/mol. The highest BCUT2D eigenvalue weighted by molar-refractivity contribution is 6.37. The first-order valence-electron chi connectivity index (χ1n) is 10.1. The van der Waals surface area contributed by atoms with Gasteiger partial charge in [0, 0.05) is 45.8 Å². The van der Waals surface area contributed by atoms with Crippen LogP contribution in [0.1, 0.15) is 45.5 Å². The molecular formula is C24H23ClN2O3. The topological polar surface area (TPSA) is 69.6 Å². The van der Waals surface area contributed by atoms with Crippen molar-refractivity contribution in [1.82, 2.24) is 4.90 Å². The number of nitrogens with one attached hydrogen (secondary N) is 1. The van der Waals surface area contributed by atoms with Gasteiger partial charge in [0.1, 0.15) is 0 Å². The van der Waals surface area contributed by atoms with E-state index in [2.05, 4.69) is 5.32 Å². The zero-order chi connectivity index (χ0) is 21.3. The third-order valence-corrected chi connectivity index (χ3v) is 6.01. The molecule has 1 aliphatic heterocycles. The van der Waals surface area contributed by atoms with Crippen LogP contribution in [0.5, 0.6) is 0 Å². The zero-order valence-electron chi connectivity index (χ0n) is 16.7. The van der Waals surface area contributed by atoms with Crippen LogP contribution in [0, 0.1) is 6.92 Å². The number of nitrogens with zero attached hydrogens (tertiary/aromatic N) is 1. The molecule has 154 valence electrons. The molecule has 4 rings (SSSR count). The lowest BCUT2D eigenvalue weighted by molar-refractivity contribution is 0.0693. The summed E-state index contributed by atoms with van der Waals surface area (Å²) in [6, 6.07) is 14.4. The number of hydrogen-bond donors (Lipinski definition) is 2. The second kappa shape index (κ2) is 8.36. The van der Waals surface area contributed by atoms with Crippen LogP contribution >= 0.6 is 11.6 Å². The van der Waals surface area contributed by atoms with Crippen molar-refractivity contribution < 1.29 is 14.7 Å². The van der Waals surface area contributed by atoms with Crippen LogP contribution in [-0.2, 0) is 0 Å². The molecule has 1 heterocycles. The lowest BCUT2D eigenvalue weighted by Crippen LogP contribution is -2.35. The molecule has 5 nitrogen and oxygen atoms in total. The summed E-state index contributed by atoms with van der Waals surface area (Å²) in [6.07, 6.45) is 3.20. The van der Waals surface area contributed by atoms with E-state index in [9.17, 15) is 14.7 Å². The Balaban J connectivity index is 1.78. The third kappa shape index (κ3) is 3.73. The average molecular weight is 423 g/mol. The molecule has 1 fully saturated rings. The summed E-state index contributed by atoms with van der Waals surface area (Å²) >= 11 is 6.54. The molecule has 1 saturated heterocycles. The van der Waals surface area contributed by atoms with E-state index in [1.165, 1.54) is 0 Å². The van der Waals surface area contributed by atoms with Crippen LogP contribution in [0.4, 0.5) is 11.4 Å². The molecule has 0 saturated carbocycles. The molecule has 0 radical (unpaired) electrons. The van der Waals surface area contributed by atoms with E-state index in [4.69, 9.17) is 11.6 Å². The summed E-state index contributed by atoms with van der Waals surface area (Å²) in [4.78, 5) is 26.6. The third-order valence-electron chi connectivity index (χ3n) is 5.70.